The monoisotopic (exact) mass is 290 g/mol. The topological polar surface area (TPSA) is 90.9 Å². The summed E-state index contributed by atoms with van der Waals surface area (Å²) >= 11 is 0. The van der Waals surface area contributed by atoms with Gasteiger partial charge in [-0.25, -0.2) is 12.7 Å². The Bertz CT molecular complexity index is 418. The van der Waals surface area contributed by atoms with E-state index in [0.29, 0.717) is 26.2 Å². The molecule has 0 heterocycles. The summed E-state index contributed by atoms with van der Waals surface area (Å²) in [5.74, 6) is -0.178. The number of nitrogens with zero attached hydrogens (tertiary/aromatic N) is 2. The maximum atomic E-state index is 11.1. The van der Waals surface area contributed by atoms with Gasteiger partial charge in [0.2, 0.25) is 15.9 Å². The van der Waals surface area contributed by atoms with Crippen molar-refractivity contribution in [1.29, 1.82) is 0 Å². The van der Waals surface area contributed by atoms with Gasteiger partial charge in [-0.3, -0.25) is 15.1 Å². The Hall–Kier alpha value is -1.25. The molecule has 0 saturated carbocycles. The molecular weight excluding hydrogens is 268 g/mol. The molecule has 19 heavy (non-hydrogen) atoms. The summed E-state index contributed by atoms with van der Waals surface area (Å²) in [6.07, 6.45) is 6.37. The SMILES string of the molecule is CNC(=O)/C=C/C=N\CNCCCN(C)S(C)(=O)=O. The van der Waals surface area contributed by atoms with Crippen molar-refractivity contribution in [1.82, 2.24) is 14.9 Å². The highest BCUT2D eigenvalue weighted by Crippen LogP contribution is 1.93. The third-order valence-corrected chi connectivity index (χ3v) is 3.60. The predicted molar refractivity (Wildman–Crippen MR) is 76.7 cm³/mol. The van der Waals surface area contributed by atoms with Gasteiger partial charge in [0.15, 0.2) is 0 Å². The first-order valence-corrected chi connectivity index (χ1v) is 7.73. The second kappa shape index (κ2) is 9.65. The van der Waals surface area contributed by atoms with Crippen molar-refractivity contribution < 1.29 is 13.2 Å². The van der Waals surface area contributed by atoms with E-state index in [9.17, 15) is 13.2 Å². The minimum atomic E-state index is -3.09. The Morgan fingerprint density at radius 1 is 1.42 bits per heavy atom. The molecule has 0 aliphatic carbocycles. The highest BCUT2D eigenvalue weighted by Gasteiger charge is 2.08. The van der Waals surface area contributed by atoms with Gasteiger partial charge in [0.05, 0.1) is 12.9 Å². The van der Waals surface area contributed by atoms with Crippen LogP contribution in [0.25, 0.3) is 0 Å². The maximum absolute atomic E-state index is 11.1. The molecule has 0 unspecified atom stereocenters. The number of hydrogen-bond donors (Lipinski definition) is 2. The van der Waals surface area contributed by atoms with Crippen LogP contribution in [-0.4, -0.2) is 65.0 Å². The Balaban J connectivity index is 3.59. The number of rotatable bonds is 9. The maximum Gasteiger partial charge on any atom is 0.243 e. The van der Waals surface area contributed by atoms with Crippen LogP contribution in [0.2, 0.25) is 0 Å². The second-order valence-electron chi connectivity index (χ2n) is 3.90. The molecule has 0 atom stereocenters. The Labute approximate surface area is 114 Å². The average molecular weight is 290 g/mol. The van der Waals surface area contributed by atoms with Crippen LogP contribution in [0.1, 0.15) is 6.42 Å². The van der Waals surface area contributed by atoms with Crippen LogP contribution in [0.15, 0.2) is 17.1 Å². The second-order valence-corrected chi connectivity index (χ2v) is 5.99. The fourth-order valence-electron chi connectivity index (χ4n) is 1.06. The third kappa shape index (κ3) is 10.4. The molecule has 7 nitrogen and oxygen atoms in total. The number of aliphatic imine (C=N–C) groups is 1. The molecule has 0 saturated heterocycles. The van der Waals surface area contributed by atoms with Crippen molar-refractivity contribution in [2.24, 2.45) is 4.99 Å². The van der Waals surface area contributed by atoms with Crippen molar-refractivity contribution in [3.63, 3.8) is 0 Å². The molecular formula is C11H22N4O3S. The number of likely N-dealkylation sites (N-methyl/N-ethyl adjacent to an activating group) is 1. The molecule has 0 aromatic rings. The number of nitrogens with one attached hydrogen (secondary N) is 2. The molecule has 0 fully saturated rings. The molecule has 0 aromatic heterocycles. The van der Waals surface area contributed by atoms with Gasteiger partial charge in [-0.15, -0.1) is 0 Å². The molecule has 110 valence electrons. The molecule has 2 N–H and O–H groups in total. The van der Waals surface area contributed by atoms with Gasteiger partial charge in [-0.1, -0.05) is 0 Å². The molecule has 0 aliphatic heterocycles. The van der Waals surface area contributed by atoms with Gasteiger partial charge in [0.25, 0.3) is 0 Å². The average Bonchev–Trinajstić information content (AvgIpc) is 2.34. The van der Waals surface area contributed by atoms with Gasteiger partial charge in [0.1, 0.15) is 0 Å². The summed E-state index contributed by atoms with van der Waals surface area (Å²) in [4.78, 5) is 14.8. The summed E-state index contributed by atoms with van der Waals surface area (Å²) in [5.41, 5.74) is 0. The highest BCUT2D eigenvalue weighted by atomic mass is 32.2. The zero-order valence-electron chi connectivity index (χ0n) is 11.6. The van der Waals surface area contributed by atoms with Gasteiger partial charge in [-0.05, 0) is 19.0 Å². The van der Waals surface area contributed by atoms with E-state index in [-0.39, 0.29) is 5.91 Å². The van der Waals surface area contributed by atoms with E-state index in [0.717, 1.165) is 0 Å². The normalized spacial score (nSPS) is 12.6. The fourth-order valence-corrected chi connectivity index (χ4v) is 1.52. The summed E-state index contributed by atoms with van der Waals surface area (Å²) in [7, 11) is 0.0177. The predicted octanol–water partition coefficient (Wildman–Crippen LogP) is -0.812. The van der Waals surface area contributed by atoms with Gasteiger partial charge in [-0.2, -0.15) is 0 Å². The first kappa shape index (κ1) is 17.8. The van der Waals surface area contributed by atoms with E-state index >= 15 is 0 Å². The molecule has 0 aromatic carbocycles. The van der Waals surface area contributed by atoms with E-state index in [2.05, 4.69) is 15.6 Å². The number of carbonyl (C=O) groups excluding carboxylic acids is 1. The first-order chi connectivity index (χ1) is 8.88. The smallest absolute Gasteiger partial charge is 0.243 e. The fraction of sp³-hybridized carbons (Fsp3) is 0.636. The largest absolute Gasteiger partial charge is 0.356 e. The van der Waals surface area contributed by atoms with E-state index in [1.165, 1.54) is 22.9 Å². The van der Waals surface area contributed by atoms with Gasteiger partial charge < -0.3 is 5.32 Å². The number of carbonyl (C=O) groups is 1. The molecule has 1 amide bonds. The summed E-state index contributed by atoms with van der Waals surface area (Å²) in [5, 5.41) is 5.49. The Morgan fingerprint density at radius 2 is 2.11 bits per heavy atom. The van der Waals surface area contributed by atoms with Crippen LogP contribution >= 0.6 is 0 Å². The lowest BCUT2D eigenvalue weighted by Crippen LogP contribution is -2.29. The van der Waals surface area contributed by atoms with Crippen molar-refractivity contribution in [3.05, 3.63) is 12.2 Å². The Morgan fingerprint density at radius 3 is 2.68 bits per heavy atom. The molecule has 0 rings (SSSR count). The van der Waals surface area contributed by atoms with Gasteiger partial charge in [0, 0.05) is 32.9 Å². The van der Waals surface area contributed by atoms with Crippen molar-refractivity contribution in [2.45, 2.75) is 6.42 Å². The van der Waals surface area contributed by atoms with E-state index in [4.69, 9.17) is 0 Å². The zero-order chi connectivity index (χ0) is 14.7. The molecule has 0 spiro atoms. The Kier molecular flexibility index (Phi) is 9.02. The quantitative estimate of drug-likeness (QED) is 0.330. The molecule has 0 bridgehead atoms. The van der Waals surface area contributed by atoms with Crippen LogP contribution < -0.4 is 10.6 Å². The highest BCUT2D eigenvalue weighted by molar-refractivity contribution is 7.88. The summed E-state index contributed by atoms with van der Waals surface area (Å²) in [6, 6.07) is 0. The number of amides is 1. The molecule has 8 heteroatoms. The van der Waals surface area contributed by atoms with Crippen LogP contribution in [0, 0.1) is 0 Å². The zero-order valence-corrected chi connectivity index (χ0v) is 12.4. The van der Waals surface area contributed by atoms with E-state index in [1.807, 2.05) is 0 Å². The van der Waals surface area contributed by atoms with Crippen LogP contribution in [0.4, 0.5) is 0 Å². The summed E-state index contributed by atoms with van der Waals surface area (Å²) in [6.45, 7) is 1.59. The van der Waals surface area contributed by atoms with Gasteiger partial charge >= 0.3 is 0 Å². The minimum Gasteiger partial charge on any atom is -0.356 e. The third-order valence-electron chi connectivity index (χ3n) is 2.28. The number of sulfonamides is 1. The number of hydrogen-bond acceptors (Lipinski definition) is 5. The minimum absolute atomic E-state index is 0.178. The first-order valence-electron chi connectivity index (χ1n) is 5.88. The lowest BCUT2D eigenvalue weighted by Gasteiger charge is -2.13. The molecule has 0 radical (unpaired) electrons. The van der Waals surface area contributed by atoms with Crippen LogP contribution in [0.3, 0.4) is 0 Å². The standard InChI is InChI=1S/C11H22N4O3S/c1-12-11(16)6-4-7-13-10-14-8-5-9-15(2)19(3,17)18/h4,6-7,14H,5,8-10H2,1-3H3,(H,12,16)/b6-4+,13-7-. The molecule has 0 aliphatic rings. The lowest BCUT2D eigenvalue weighted by atomic mass is 10.4. The van der Waals surface area contributed by atoms with E-state index < -0.39 is 10.0 Å². The number of allylic oxidation sites excluding steroid dienone is 1. The van der Waals surface area contributed by atoms with Crippen molar-refractivity contribution in [3.8, 4) is 0 Å². The van der Waals surface area contributed by atoms with Crippen LogP contribution in [-0.2, 0) is 14.8 Å². The van der Waals surface area contributed by atoms with E-state index in [1.54, 1.807) is 20.2 Å². The van der Waals surface area contributed by atoms with Crippen LogP contribution in [0.5, 0.6) is 0 Å². The lowest BCUT2D eigenvalue weighted by molar-refractivity contribution is -0.116. The summed E-state index contributed by atoms with van der Waals surface area (Å²) < 4.78 is 23.5. The van der Waals surface area contributed by atoms with Crippen molar-refractivity contribution >= 4 is 22.1 Å². The van der Waals surface area contributed by atoms with Crippen molar-refractivity contribution in [2.75, 3.05) is 40.1 Å².